The van der Waals surface area contributed by atoms with E-state index >= 15 is 0 Å². The van der Waals surface area contributed by atoms with Gasteiger partial charge >= 0.3 is 0 Å². The van der Waals surface area contributed by atoms with Gasteiger partial charge in [-0.1, -0.05) is 36.0 Å². The quantitative estimate of drug-likeness (QED) is 0.246. The average molecular weight is 444 g/mol. The van der Waals surface area contributed by atoms with Gasteiger partial charge < -0.3 is 9.73 Å². The fourth-order valence-corrected chi connectivity index (χ4v) is 3.65. The zero-order valence-corrected chi connectivity index (χ0v) is 16.8. The number of hydrogen-bond donors (Lipinski definition) is 1. The largest absolute Gasteiger partial charge is 0.453 e. The number of amides is 1. The topological polar surface area (TPSA) is 73.0 Å². The predicted molar refractivity (Wildman–Crippen MR) is 111 cm³/mol. The van der Waals surface area contributed by atoms with Crippen LogP contribution in [0.5, 0.6) is 0 Å². The Kier molecular flexibility index (Phi) is 5.81. The number of nitrogens with one attached hydrogen (secondary N) is 1. The van der Waals surface area contributed by atoms with Crippen LogP contribution in [-0.4, -0.2) is 26.4 Å². The Labute approximate surface area is 178 Å². The normalized spacial score (nSPS) is 11.1. The Morgan fingerprint density at radius 2 is 1.97 bits per heavy atom. The maximum Gasteiger partial charge on any atom is 0.234 e. The molecule has 0 aliphatic carbocycles. The van der Waals surface area contributed by atoms with Crippen molar-refractivity contribution in [3.63, 3.8) is 0 Å². The second-order valence-corrected chi connectivity index (χ2v) is 7.36. The Morgan fingerprint density at radius 3 is 2.74 bits per heavy atom. The number of fused-ring (bicyclic) bond motifs is 1. The molecule has 2 heterocycles. The van der Waals surface area contributed by atoms with E-state index in [-0.39, 0.29) is 5.75 Å². The Morgan fingerprint density at radius 1 is 1.16 bits per heavy atom. The van der Waals surface area contributed by atoms with Crippen molar-refractivity contribution in [2.45, 2.75) is 11.7 Å². The first-order valence-corrected chi connectivity index (χ1v) is 10.1. The van der Waals surface area contributed by atoms with E-state index < -0.39 is 29.0 Å². The molecule has 0 unspecified atom stereocenters. The molecular formula is C21H15F3N4O2S. The van der Waals surface area contributed by atoms with Crippen molar-refractivity contribution in [1.29, 1.82) is 0 Å². The van der Waals surface area contributed by atoms with Gasteiger partial charge in [-0.25, -0.2) is 13.2 Å². The first kappa shape index (κ1) is 20.7. The molecule has 1 N–H and O–H groups in total. The van der Waals surface area contributed by atoms with E-state index in [4.69, 9.17) is 4.42 Å². The zero-order valence-electron chi connectivity index (χ0n) is 15.9. The molecule has 4 aromatic rings. The van der Waals surface area contributed by atoms with Crippen molar-refractivity contribution in [3.8, 4) is 11.6 Å². The molecule has 0 aliphatic rings. The number of carbonyl (C=O) groups excluding carboxylic acids is 1. The summed E-state index contributed by atoms with van der Waals surface area (Å²) >= 11 is 1.05. The summed E-state index contributed by atoms with van der Waals surface area (Å²) in [6, 6.07) is 11.0. The van der Waals surface area contributed by atoms with Gasteiger partial charge in [0.05, 0.1) is 11.4 Å². The highest BCUT2D eigenvalue weighted by molar-refractivity contribution is 7.99. The second-order valence-electron chi connectivity index (χ2n) is 6.41. The lowest BCUT2D eigenvalue weighted by molar-refractivity contribution is -0.113. The number of aromatic nitrogens is 3. The van der Waals surface area contributed by atoms with Crippen LogP contribution < -0.4 is 5.32 Å². The molecule has 0 bridgehead atoms. The molecule has 0 fully saturated rings. The molecule has 1 amide bonds. The first-order chi connectivity index (χ1) is 15.0. The van der Waals surface area contributed by atoms with Crippen LogP contribution in [0.2, 0.25) is 0 Å². The van der Waals surface area contributed by atoms with Crippen molar-refractivity contribution < 1.29 is 22.4 Å². The van der Waals surface area contributed by atoms with E-state index in [1.807, 2.05) is 30.3 Å². The molecule has 0 saturated heterocycles. The van der Waals surface area contributed by atoms with E-state index in [1.54, 1.807) is 10.6 Å². The minimum Gasteiger partial charge on any atom is -0.453 e. The van der Waals surface area contributed by atoms with Crippen molar-refractivity contribution in [2.75, 3.05) is 11.1 Å². The van der Waals surface area contributed by atoms with Gasteiger partial charge in [0, 0.05) is 11.9 Å². The lowest BCUT2D eigenvalue weighted by Crippen LogP contribution is -2.16. The molecule has 0 radical (unpaired) electrons. The Bertz CT molecular complexity index is 1250. The van der Waals surface area contributed by atoms with Crippen molar-refractivity contribution in [1.82, 2.24) is 14.8 Å². The SMILES string of the molecule is C=CCn1c(SCC(=O)Nc2ccc(F)c(F)c2F)nnc1-c1cc2ccccc2o1. The van der Waals surface area contributed by atoms with E-state index in [9.17, 15) is 18.0 Å². The number of para-hydroxylation sites is 1. The van der Waals surface area contributed by atoms with Crippen LogP contribution in [0.3, 0.4) is 0 Å². The summed E-state index contributed by atoms with van der Waals surface area (Å²) in [5.41, 5.74) is 0.257. The van der Waals surface area contributed by atoms with Crippen LogP contribution >= 0.6 is 11.8 Å². The number of benzene rings is 2. The third-order valence-electron chi connectivity index (χ3n) is 4.32. The average Bonchev–Trinajstić information content (AvgIpc) is 3.37. The van der Waals surface area contributed by atoms with E-state index in [1.165, 1.54) is 0 Å². The number of rotatable bonds is 7. The van der Waals surface area contributed by atoms with E-state index in [0.717, 1.165) is 29.3 Å². The van der Waals surface area contributed by atoms with Gasteiger partial charge in [0.15, 0.2) is 28.4 Å². The van der Waals surface area contributed by atoms with Gasteiger partial charge in [-0.2, -0.15) is 0 Å². The molecule has 0 atom stereocenters. The number of furan rings is 1. The lowest BCUT2D eigenvalue weighted by atomic mass is 10.2. The zero-order chi connectivity index (χ0) is 22.0. The molecule has 0 spiro atoms. The number of anilines is 1. The van der Waals surface area contributed by atoms with Crippen LogP contribution in [0.1, 0.15) is 0 Å². The van der Waals surface area contributed by atoms with Gasteiger partial charge in [0.1, 0.15) is 5.58 Å². The lowest BCUT2D eigenvalue weighted by Gasteiger charge is -2.08. The third-order valence-corrected chi connectivity index (χ3v) is 5.28. The van der Waals surface area contributed by atoms with Gasteiger partial charge in [0.25, 0.3) is 0 Å². The van der Waals surface area contributed by atoms with Crippen molar-refractivity contribution >= 4 is 34.3 Å². The molecule has 4 rings (SSSR count). The summed E-state index contributed by atoms with van der Waals surface area (Å²) in [6.45, 7) is 4.09. The maximum absolute atomic E-state index is 13.7. The number of thioether (sulfide) groups is 1. The number of allylic oxidation sites excluding steroid dienone is 1. The second kappa shape index (κ2) is 8.68. The molecule has 10 heteroatoms. The monoisotopic (exact) mass is 444 g/mol. The summed E-state index contributed by atoms with van der Waals surface area (Å²) in [7, 11) is 0. The minimum absolute atomic E-state index is 0.159. The molecule has 31 heavy (non-hydrogen) atoms. The van der Waals surface area contributed by atoms with Crippen LogP contribution in [0.4, 0.5) is 18.9 Å². The fraction of sp³-hybridized carbons (Fsp3) is 0.0952. The van der Waals surface area contributed by atoms with Gasteiger partial charge in [0.2, 0.25) is 11.7 Å². The number of nitrogens with zero attached hydrogens (tertiary/aromatic N) is 3. The van der Waals surface area contributed by atoms with E-state index in [2.05, 4.69) is 22.1 Å². The highest BCUT2D eigenvalue weighted by Crippen LogP contribution is 2.29. The molecule has 2 aromatic carbocycles. The van der Waals surface area contributed by atoms with Crippen LogP contribution in [-0.2, 0) is 11.3 Å². The van der Waals surface area contributed by atoms with Crippen LogP contribution in [0, 0.1) is 17.5 Å². The highest BCUT2D eigenvalue weighted by Gasteiger charge is 2.19. The summed E-state index contributed by atoms with van der Waals surface area (Å²) in [5, 5.41) is 11.8. The van der Waals surface area contributed by atoms with Gasteiger partial charge in [-0.05, 0) is 24.3 Å². The van der Waals surface area contributed by atoms with Crippen LogP contribution in [0.25, 0.3) is 22.6 Å². The first-order valence-electron chi connectivity index (χ1n) is 9.07. The fourth-order valence-electron chi connectivity index (χ4n) is 2.90. The standard InChI is InChI=1S/C21H15F3N4O2S/c1-2-9-28-20(16-10-12-5-3-4-6-15(12)30-16)26-27-21(28)31-11-17(29)25-14-8-7-13(22)18(23)19(14)24/h2-8,10H,1,9,11H2,(H,25,29). The Balaban J connectivity index is 1.52. The maximum atomic E-state index is 13.7. The molecule has 2 aromatic heterocycles. The summed E-state index contributed by atoms with van der Waals surface area (Å²) in [5.74, 6) is -4.24. The Hall–Kier alpha value is -3.53. The number of hydrogen-bond acceptors (Lipinski definition) is 5. The summed E-state index contributed by atoms with van der Waals surface area (Å²) < 4.78 is 47.7. The minimum atomic E-state index is -1.65. The van der Waals surface area contributed by atoms with Crippen LogP contribution in [0.15, 0.2) is 64.7 Å². The number of halogens is 3. The third kappa shape index (κ3) is 4.19. The van der Waals surface area contributed by atoms with Gasteiger partial charge in [-0.15, -0.1) is 16.8 Å². The number of carbonyl (C=O) groups is 1. The molecular weight excluding hydrogens is 429 g/mol. The van der Waals surface area contributed by atoms with Crippen molar-refractivity contribution in [3.05, 3.63) is 72.6 Å². The summed E-state index contributed by atoms with van der Waals surface area (Å²) in [6.07, 6.45) is 1.65. The predicted octanol–water partition coefficient (Wildman–Crippen LogP) is 5.03. The molecule has 6 nitrogen and oxygen atoms in total. The van der Waals surface area contributed by atoms with Crippen molar-refractivity contribution in [2.24, 2.45) is 0 Å². The van der Waals surface area contributed by atoms with Gasteiger partial charge in [-0.3, -0.25) is 9.36 Å². The molecule has 158 valence electrons. The summed E-state index contributed by atoms with van der Waals surface area (Å²) in [4.78, 5) is 12.2. The smallest absolute Gasteiger partial charge is 0.234 e. The molecule has 0 saturated carbocycles. The van der Waals surface area contributed by atoms with E-state index in [0.29, 0.717) is 28.9 Å². The molecule has 0 aliphatic heterocycles. The highest BCUT2D eigenvalue weighted by atomic mass is 32.2.